The highest BCUT2D eigenvalue weighted by atomic mass is 35.5. The lowest BCUT2D eigenvalue weighted by atomic mass is 10.1. The summed E-state index contributed by atoms with van der Waals surface area (Å²) in [7, 11) is 0. The third-order valence-corrected chi connectivity index (χ3v) is 5.63. The maximum atomic E-state index is 12.5. The Morgan fingerprint density at radius 3 is 2.42 bits per heavy atom. The maximum Gasteiger partial charge on any atom is 0.224 e. The highest BCUT2D eigenvalue weighted by Gasteiger charge is 2.15. The zero-order valence-corrected chi connectivity index (χ0v) is 19.9. The topological polar surface area (TPSA) is 57.3 Å². The summed E-state index contributed by atoms with van der Waals surface area (Å²) in [5.74, 6) is 0.863. The van der Waals surface area contributed by atoms with Crippen LogP contribution in [0.15, 0.2) is 48.5 Å². The van der Waals surface area contributed by atoms with E-state index in [4.69, 9.17) is 28.2 Å². The summed E-state index contributed by atoms with van der Waals surface area (Å²) < 4.78 is 0. The lowest BCUT2D eigenvalue weighted by Crippen LogP contribution is -2.43. The third kappa shape index (κ3) is 6.37. The molecular weight excluding hydrogens is 478 g/mol. The highest BCUT2D eigenvalue weighted by molar-refractivity contribution is 6.35. The molecule has 5 nitrogen and oxygen atoms in total. The first kappa shape index (κ1) is 25.5. The molecule has 2 N–H and O–H groups in total. The molecule has 2 aromatic carbocycles. The van der Waals surface area contributed by atoms with Gasteiger partial charge in [0.15, 0.2) is 0 Å². The molecular formula is C22H24Cl4N4O. The van der Waals surface area contributed by atoms with Gasteiger partial charge in [0.2, 0.25) is 5.91 Å². The third-order valence-electron chi connectivity index (χ3n) is 5.07. The normalized spacial score (nSPS) is 13.3. The van der Waals surface area contributed by atoms with Crippen LogP contribution in [0.3, 0.4) is 0 Å². The van der Waals surface area contributed by atoms with Crippen LogP contribution < -0.4 is 15.5 Å². The molecule has 0 bridgehead atoms. The Kier molecular flexibility index (Phi) is 9.66. The van der Waals surface area contributed by atoms with E-state index in [9.17, 15) is 4.79 Å². The largest absolute Gasteiger partial charge is 0.354 e. The summed E-state index contributed by atoms with van der Waals surface area (Å²) in [6.45, 7) is 3.77. The smallest absolute Gasteiger partial charge is 0.224 e. The van der Waals surface area contributed by atoms with Gasteiger partial charge in [-0.3, -0.25) is 4.79 Å². The average molecular weight is 502 g/mol. The van der Waals surface area contributed by atoms with Gasteiger partial charge in [-0.25, -0.2) is 4.98 Å². The Hall–Kier alpha value is -1.76. The van der Waals surface area contributed by atoms with Crippen molar-refractivity contribution >= 4 is 76.3 Å². The van der Waals surface area contributed by atoms with Crippen molar-refractivity contribution < 1.29 is 4.79 Å². The fraction of sp³-hybridized carbons (Fsp3) is 0.273. The molecule has 1 aliphatic rings. The summed E-state index contributed by atoms with van der Waals surface area (Å²) >= 11 is 12.3. The van der Waals surface area contributed by atoms with E-state index in [-0.39, 0.29) is 30.7 Å². The van der Waals surface area contributed by atoms with Gasteiger partial charge in [0.25, 0.3) is 0 Å². The van der Waals surface area contributed by atoms with Crippen molar-refractivity contribution in [1.82, 2.24) is 10.3 Å². The van der Waals surface area contributed by atoms with Gasteiger partial charge in [0, 0.05) is 43.0 Å². The van der Waals surface area contributed by atoms with Gasteiger partial charge in [-0.05, 0) is 48.4 Å². The number of anilines is 2. The van der Waals surface area contributed by atoms with Crippen molar-refractivity contribution in [3.63, 3.8) is 0 Å². The van der Waals surface area contributed by atoms with Gasteiger partial charge in [0.1, 0.15) is 5.82 Å². The van der Waals surface area contributed by atoms with Crippen LogP contribution in [0, 0.1) is 0 Å². The van der Waals surface area contributed by atoms with Crippen LogP contribution in [0.1, 0.15) is 12.0 Å². The molecule has 1 amide bonds. The number of nitrogens with one attached hydrogen (secondary N) is 2. The molecule has 31 heavy (non-hydrogen) atoms. The molecule has 0 atom stereocenters. The van der Waals surface area contributed by atoms with E-state index >= 15 is 0 Å². The van der Waals surface area contributed by atoms with Gasteiger partial charge < -0.3 is 15.5 Å². The van der Waals surface area contributed by atoms with E-state index in [2.05, 4.69) is 15.5 Å². The molecule has 9 heteroatoms. The number of carbonyl (C=O) groups is 1. The zero-order chi connectivity index (χ0) is 20.2. The van der Waals surface area contributed by atoms with Crippen molar-refractivity contribution in [3.05, 3.63) is 64.1 Å². The van der Waals surface area contributed by atoms with E-state index in [1.54, 1.807) is 6.07 Å². The SMILES string of the molecule is Cl.Cl.O=C(CCc1ccc(Cl)cc1)Nc1c(Cl)ccc2nc(N3CCNCC3)ccc12. The van der Waals surface area contributed by atoms with Crippen LogP contribution in [0.2, 0.25) is 10.0 Å². The average Bonchev–Trinajstić information content (AvgIpc) is 2.75. The Bertz CT molecular complexity index is 1020. The summed E-state index contributed by atoms with van der Waals surface area (Å²) in [6, 6.07) is 15.2. The molecule has 1 aromatic heterocycles. The highest BCUT2D eigenvalue weighted by Crippen LogP contribution is 2.32. The molecule has 0 unspecified atom stereocenters. The molecule has 0 radical (unpaired) electrons. The van der Waals surface area contributed by atoms with Gasteiger partial charge >= 0.3 is 0 Å². The Morgan fingerprint density at radius 1 is 1.00 bits per heavy atom. The van der Waals surface area contributed by atoms with E-state index in [1.807, 2.05) is 42.5 Å². The maximum absolute atomic E-state index is 12.5. The second-order valence-electron chi connectivity index (χ2n) is 7.07. The number of carbonyl (C=O) groups excluding carboxylic acids is 1. The molecule has 0 spiro atoms. The minimum atomic E-state index is -0.0828. The number of rotatable bonds is 5. The first-order valence-corrected chi connectivity index (χ1v) is 10.4. The number of aromatic nitrogens is 1. The van der Waals surface area contributed by atoms with Gasteiger partial charge in [0.05, 0.1) is 16.2 Å². The minimum Gasteiger partial charge on any atom is -0.354 e. The molecule has 1 fully saturated rings. The number of pyridine rings is 1. The molecule has 0 aliphatic carbocycles. The summed E-state index contributed by atoms with van der Waals surface area (Å²) in [6.07, 6.45) is 0.997. The monoisotopic (exact) mass is 500 g/mol. The first-order chi connectivity index (χ1) is 14.1. The molecule has 1 aliphatic heterocycles. The van der Waals surface area contributed by atoms with Crippen LogP contribution in [0.25, 0.3) is 10.9 Å². The predicted octanol–water partition coefficient (Wildman–Crippen LogP) is 5.37. The van der Waals surface area contributed by atoms with Crippen molar-refractivity contribution in [2.45, 2.75) is 12.8 Å². The fourth-order valence-electron chi connectivity index (χ4n) is 3.47. The fourth-order valence-corrected chi connectivity index (χ4v) is 3.81. The first-order valence-electron chi connectivity index (χ1n) is 9.69. The lowest BCUT2D eigenvalue weighted by Gasteiger charge is -2.28. The van der Waals surface area contributed by atoms with Crippen LogP contribution in [0.4, 0.5) is 11.5 Å². The van der Waals surface area contributed by atoms with E-state index in [0.717, 1.165) is 48.5 Å². The molecule has 166 valence electrons. The molecule has 4 rings (SSSR count). The van der Waals surface area contributed by atoms with Gasteiger partial charge in [-0.1, -0.05) is 35.3 Å². The number of piperazine rings is 1. The number of hydrogen-bond acceptors (Lipinski definition) is 4. The molecule has 0 saturated carbocycles. The Balaban J connectivity index is 0.00000171. The second-order valence-corrected chi connectivity index (χ2v) is 7.91. The number of aryl methyl sites for hydroxylation is 1. The lowest BCUT2D eigenvalue weighted by molar-refractivity contribution is -0.116. The number of benzene rings is 2. The molecule has 2 heterocycles. The zero-order valence-electron chi connectivity index (χ0n) is 16.7. The molecule has 3 aromatic rings. The van der Waals surface area contributed by atoms with Gasteiger partial charge in [-0.15, -0.1) is 24.8 Å². The number of hydrogen-bond donors (Lipinski definition) is 2. The van der Waals surface area contributed by atoms with E-state index in [1.165, 1.54) is 0 Å². The van der Waals surface area contributed by atoms with Crippen LogP contribution in [-0.4, -0.2) is 37.1 Å². The number of nitrogens with zero attached hydrogens (tertiary/aromatic N) is 2. The van der Waals surface area contributed by atoms with Crippen LogP contribution >= 0.6 is 48.0 Å². The minimum absolute atomic E-state index is 0. The summed E-state index contributed by atoms with van der Waals surface area (Å²) in [5, 5.41) is 8.36. The summed E-state index contributed by atoms with van der Waals surface area (Å²) in [4.78, 5) is 19.6. The van der Waals surface area contributed by atoms with Crippen molar-refractivity contribution in [2.24, 2.45) is 0 Å². The predicted molar refractivity (Wildman–Crippen MR) is 135 cm³/mol. The standard InChI is InChI=1S/C22H22Cl2N4O.2ClH/c23-16-4-1-15(2-5-16)3-10-21(29)27-22-17-6-9-20(28-13-11-25-12-14-28)26-19(17)8-7-18(22)24;;/h1-2,4-9,25H,3,10-14H2,(H,27,29);2*1H. The number of halogens is 4. The van der Waals surface area contributed by atoms with Crippen molar-refractivity contribution in [1.29, 1.82) is 0 Å². The second kappa shape index (κ2) is 11.7. The van der Waals surface area contributed by atoms with Crippen LogP contribution in [0.5, 0.6) is 0 Å². The van der Waals surface area contributed by atoms with E-state index in [0.29, 0.717) is 28.6 Å². The summed E-state index contributed by atoms with van der Waals surface area (Å²) in [5.41, 5.74) is 2.50. The quantitative estimate of drug-likeness (QED) is 0.493. The van der Waals surface area contributed by atoms with Crippen molar-refractivity contribution in [2.75, 3.05) is 36.4 Å². The molecule has 1 saturated heterocycles. The number of fused-ring (bicyclic) bond motifs is 1. The van der Waals surface area contributed by atoms with E-state index < -0.39 is 0 Å². The Labute approximate surface area is 204 Å². The number of amides is 1. The Morgan fingerprint density at radius 2 is 1.71 bits per heavy atom. The van der Waals surface area contributed by atoms with Crippen LogP contribution in [-0.2, 0) is 11.2 Å². The van der Waals surface area contributed by atoms with Crippen molar-refractivity contribution in [3.8, 4) is 0 Å². The van der Waals surface area contributed by atoms with Gasteiger partial charge in [-0.2, -0.15) is 0 Å².